The third kappa shape index (κ3) is 5.01. The van der Waals surface area contributed by atoms with Crippen LogP contribution in [0, 0.1) is 6.92 Å². The van der Waals surface area contributed by atoms with E-state index in [4.69, 9.17) is 4.74 Å². The predicted molar refractivity (Wildman–Crippen MR) is 138 cm³/mol. The molecule has 1 N–H and O–H groups in total. The van der Waals surface area contributed by atoms with Gasteiger partial charge in [0, 0.05) is 33.3 Å². The van der Waals surface area contributed by atoms with Gasteiger partial charge in [-0.2, -0.15) is 0 Å². The van der Waals surface area contributed by atoms with Crippen molar-refractivity contribution in [3.05, 3.63) is 69.8 Å². The van der Waals surface area contributed by atoms with Crippen molar-refractivity contribution in [1.29, 1.82) is 0 Å². The number of nitrogens with one attached hydrogen (secondary N) is 1. The highest BCUT2D eigenvalue weighted by Crippen LogP contribution is 2.29. The maximum absolute atomic E-state index is 12.4. The molecule has 0 unspecified atom stereocenters. The maximum atomic E-state index is 12.4. The Morgan fingerprint density at radius 2 is 2.06 bits per heavy atom. The number of aryl methyl sites for hydroxylation is 3. The summed E-state index contributed by atoms with van der Waals surface area (Å²) in [5.41, 5.74) is 5.98. The van der Waals surface area contributed by atoms with E-state index in [9.17, 15) is 9.59 Å². The average molecular weight is 476 g/mol. The number of benzene rings is 1. The summed E-state index contributed by atoms with van der Waals surface area (Å²) in [4.78, 5) is 26.7. The number of carbonyl (C=O) groups is 1. The number of carbonyl (C=O) groups excluding carboxylic acids is 1. The van der Waals surface area contributed by atoms with Gasteiger partial charge in [-0.15, -0.1) is 5.10 Å². The van der Waals surface area contributed by atoms with Crippen LogP contribution in [0.4, 0.5) is 0 Å². The molecule has 1 aliphatic rings. The molecule has 0 radical (unpaired) electrons. The number of nitrogens with zero attached hydrogens (tertiary/aromatic N) is 4. The van der Waals surface area contributed by atoms with Crippen LogP contribution in [0.3, 0.4) is 0 Å². The largest absolute Gasteiger partial charge is 0.476 e. The average Bonchev–Trinajstić information content (AvgIpc) is 3.32. The van der Waals surface area contributed by atoms with Crippen LogP contribution in [-0.4, -0.2) is 43.5 Å². The first-order valence-corrected chi connectivity index (χ1v) is 12.0. The van der Waals surface area contributed by atoms with E-state index in [-0.39, 0.29) is 11.5 Å². The minimum atomic E-state index is -0.0745. The summed E-state index contributed by atoms with van der Waals surface area (Å²) in [6.45, 7) is 9.99. The molecule has 1 amide bonds. The Hall–Kier alpha value is -3.81. The predicted octanol–water partition coefficient (Wildman–Crippen LogP) is 4.06. The Morgan fingerprint density at radius 1 is 1.26 bits per heavy atom. The van der Waals surface area contributed by atoms with Gasteiger partial charge < -0.3 is 14.7 Å². The number of ether oxygens (including phenoxy) is 1. The van der Waals surface area contributed by atoms with E-state index in [1.807, 2.05) is 56.1 Å². The highest BCUT2D eigenvalue weighted by molar-refractivity contribution is 5.82. The lowest BCUT2D eigenvalue weighted by Crippen LogP contribution is -2.35. The molecule has 1 aromatic carbocycles. The zero-order valence-electron chi connectivity index (χ0n) is 20.9. The second-order valence-electron chi connectivity index (χ2n) is 8.93. The number of hydrogen-bond acceptors (Lipinski definition) is 4. The zero-order chi connectivity index (χ0) is 25.1. The molecule has 35 heavy (non-hydrogen) atoms. The summed E-state index contributed by atoms with van der Waals surface area (Å²) in [7, 11) is 3.57. The first-order valence-electron chi connectivity index (χ1n) is 12.0. The molecular formula is C27H33N5O3. The monoisotopic (exact) mass is 475 g/mol. The Labute approximate surface area is 205 Å². The molecule has 0 bridgehead atoms. The van der Waals surface area contributed by atoms with E-state index in [0.717, 1.165) is 52.9 Å². The van der Waals surface area contributed by atoms with Crippen LogP contribution < -0.4 is 10.3 Å². The Bertz CT molecular complexity index is 1340. The number of allylic oxidation sites excluding steroid dienone is 2. The summed E-state index contributed by atoms with van der Waals surface area (Å²) in [6, 6.07) is 5.94. The van der Waals surface area contributed by atoms with Crippen LogP contribution in [0.25, 0.3) is 22.8 Å². The molecule has 184 valence electrons. The molecular weight excluding hydrogens is 442 g/mol. The van der Waals surface area contributed by atoms with Gasteiger partial charge in [-0.3, -0.25) is 19.0 Å². The van der Waals surface area contributed by atoms with E-state index in [1.54, 1.807) is 17.9 Å². The van der Waals surface area contributed by atoms with Gasteiger partial charge in [-0.1, -0.05) is 24.8 Å². The first kappa shape index (κ1) is 24.3. The molecule has 3 heterocycles. The van der Waals surface area contributed by atoms with Gasteiger partial charge in [0.05, 0.1) is 30.0 Å². The van der Waals surface area contributed by atoms with Gasteiger partial charge in [0.25, 0.3) is 5.56 Å². The van der Waals surface area contributed by atoms with Crippen molar-refractivity contribution in [2.75, 3.05) is 13.2 Å². The van der Waals surface area contributed by atoms with Gasteiger partial charge in [-0.05, 0) is 61.1 Å². The second kappa shape index (κ2) is 10.2. The molecule has 2 aromatic heterocycles. The zero-order valence-corrected chi connectivity index (χ0v) is 20.9. The van der Waals surface area contributed by atoms with Crippen molar-refractivity contribution in [2.45, 2.75) is 39.7 Å². The standard InChI is InChI=1S/C27H33N5O3/c1-6-35-26-21(24(30(4)29-26)17-32-14-8-7-9-25(32)33)13-11-19(3)22-15-20(12-10-18(22)2)23-16-28-31(5)27(23)34/h10-13,15-16,28H,3,6-9,14,17H2,1-2,4-5H3/b13-11+. The second-order valence-corrected chi connectivity index (χ2v) is 8.93. The summed E-state index contributed by atoms with van der Waals surface area (Å²) in [5.74, 6) is 0.720. The van der Waals surface area contributed by atoms with Crippen molar-refractivity contribution < 1.29 is 9.53 Å². The van der Waals surface area contributed by atoms with Gasteiger partial charge in [0.15, 0.2) is 0 Å². The SMILES string of the molecule is C=C(/C=C/c1c(OCC)nn(C)c1CN1CCCCC1=O)c1cc(-c2c[nH]n(C)c2=O)ccc1C. The van der Waals surface area contributed by atoms with Crippen molar-refractivity contribution in [3.8, 4) is 17.0 Å². The van der Waals surface area contributed by atoms with Crippen LogP contribution in [0.15, 0.2) is 41.8 Å². The lowest BCUT2D eigenvalue weighted by atomic mass is 9.96. The lowest BCUT2D eigenvalue weighted by molar-refractivity contribution is -0.133. The summed E-state index contributed by atoms with van der Waals surface area (Å²) in [5, 5.41) is 7.49. The number of rotatable bonds is 8. The van der Waals surface area contributed by atoms with Crippen LogP contribution >= 0.6 is 0 Å². The number of H-pyrrole nitrogens is 1. The van der Waals surface area contributed by atoms with E-state index in [0.29, 0.717) is 31.0 Å². The van der Waals surface area contributed by atoms with E-state index < -0.39 is 0 Å². The van der Waals surface area contributed by atoms with Crippen molar-refractivity contribution in [2.24, 2.45) is 14.1 Å². The van der Waals surface area contributed by atoms with E-state index >= 15 is 0 Å². The van der Waals surface area contributed by atoms with Gasteiger partial charge >= 0.3 is 0 Å². The van der Waals surface area contributed by atoms with Gasteiger partial charge in [0.2, 0.25) is 11.8 Å². The van der Waals surface area contributed by atoms with E-state index in [2.05, 4.69) is 16.8 Å². The molecule has 8 nitrogen and oxygen atoms in total. The van der Waals surface area contributed by atoms with Crippen molar-refractivity contribution in [3.63, 3.8) is 0 Å². The fourth-order valence-corrected chi connectivity index (χ4v) is 4.43. The van der Waals surface area contributed by atoms with Crippen LogP contribution in [0.5, 0.6) is 5.88 Å². The number of hydrogen-bond donors (Lipinski definition) is 1. The topological polar surface area (TPSA) is 85.2 Å². The maximum Gasteiger partial charge on any atom is 0.274 e. The van der Waals surface area contributed by atoms with E-state index in [1.165, 1.54) is 4.68 Å². The number of likely N-dealkylation sites (tertiary alicyclic amines) is 1. The lowest BCUT2D eigenvalue weighted by Gasteiger charge is -2.26. The molecule has 8 heteroatoms. The number of amides is 1. The number of aromatic amines is 1. The number of piperidine rings is 1. The Kier molecular flexibility index (Phi) is 7.10. The fourth-order valence-electron chi connectivity index (χ4n) is 4.43. The molecule has 1 aliphatic heterocycles. The van der Waals surface area contributed by atoms with Crippen molar-refractivity contribution in [1.82, 2.24) is 24.5 Å². The van der Waals surface area contributed by atoms with Crippen LogP contribution in [-0.2, 0) is 25.4 Å². The highest BCUT2D eigenvalue weighted by atomic mass is 16.5. The molecule has 1 saturated heterocycles. The summed E-state index contributed by atoms with van der Waals surface area (Å²) < 4.78 is 9.06. The smallest absolute Gasteiger partial charge is 0.274 e. The quantitative estimate of drug-likeness (QED) is 0.498. The third-order valence-electron chi connectivity index (χ3n) is 6.50. The van der Waals surface area contributed by atoms with Gasteiger partial charge in [-0.25, -0.2) is 0 Å². The molecule has 0 atom stereocenters. The summed E-state index contributed by atoms with van der Waals surface area (Å²) in [6.07, 6.45) is 8.19. The molecule has 4 rings (SSSR count). The molecule has 0 spiro atoms. The van der Waals surface area contributed by atoms with Crippen LogP contribution in [0.2, 0.25) is 0 Å². The molecule has 0 aliphatic carbocycles. The minimum absolute atomic E-state index is 0.0745. The molecule has 3 aromatic rings. The molecule has 1 fully saturated rings. The van der Waals surface area contributed by atoms with Gasteiger partial charge in [0.1, 0.15) is 0 Å². The first-order chi connectivity index (χ1) is 16.8. The highest BCUT2D eigenvalue weighted by Gasteiger charge is 2.23. The normalized spacial score (nSPS) is 14.2. The number of aromatic nitrogens is 4. The minimum Gasteiger partial charge on any atom is -0.476 e. The van der Waals surface area contributed by atoms with Crippen LogP contribution in [0.1, 0.15) is 48.6 Å². The summed E-state index contributed by atoms with van der Waals surface area (Å²) >= 11 is 0. The van der Waals surface area contributed by atoms with Crippen molar-refractivity contribution >= 4 is 17.6 Å². The molecule has 0 saturated carbocycles. The Balaban J connectivity index is 1.66. The fraction of sp³-hybridized carbons (Fsp3) is 0.370. The Morgan fingerprint density at radius 3 is 2.74 bits per heavy atom. The third-order valence-corrected chi connectivity index (χ3v) is 6.50.